The molecule has 1 unspecified atom stereocenters. The lowest BCUT2D eigenvalue weighted by Gasteiger charge is -2.38. The van der Waals surface area contributed by atoms with Crippen LogP contribution in [-0.4, -0.2) is 30.3 Å². The van der Waals surface area contributed by atoms with E-state index in [0.717, 1.165) is 23.2 Å². The molecule has 1 aliphatic rings. The van der Waals surface area contributed by atoms with Gasteiger partial charge in [-0.05, 0) is 50.3 Å². The molecule has 0 bridgehead atoms. The molecule has 1 atom stereocenters. The number of aryl methyl sites for hydroxylation is 1. The number of carbonyl (C=O) groups is 1. The predicted octanol–water partition coefficient (Wildman–Crippen LogP) is 3.95. The van der Waals surface area contributed by atoms with Crippen molar-refractivity contribution in [2.45, 2.75) is 45.6 Å². The molecule has 0 saturated carbocycles. The summed E-state index contributed by atoms with van der Waals surface area (Å²) in [7, 11) is 3.82. The maximum absolute atomic E-state index is 12.4. The Kier molecular flexibility index (Phi) is 4.13. The maximum atomic E-state index is 12.4. The van der Waals surface area contributed by atoms with E-state index in [1.807, 2.05) is 32.0 Å². The maximum Gasteiger partial charge on any atom is 0.187 e. The second kappa shape index (κ2) is 5.55. The minimum absolute atomic E-state index is 0.0573. The summed E-state index contributed by atoms with van der Waals surface area (Å²) in [5.74, 6) is 0.568. The molecule has 1 aromatic carbocycles. The third kappa shape index (κ3) is 3.46. The van der Waals surface area contributed by atoms with Gasteiger partial charge in [-0.1, -0.05) is 13.0 Å². The van der Waals surface area contributed by atoms with Crippen molar-refractivity contribution in [3.63, 3.8) is 0 Å². The summed E-state index contributed by atoms with van der Waals surface area (Å²) in [5.41, 5.74) is 4.33. The molecule has 0 saturated heterocycles. The number of hydrogen-bond acceptors (Lipinski definition) is 3. The van der Waals surface area contributed by atoms with E-state index >= 15 is 0 Å². The fourth-order valence-electron chi connectivity index (χ4n) is 3.11. The summed E-state index contributed by atoms with van der Waals surface area (Å²) in [6.07, 6.45) is 4.53. The molecule has 1 aromatic rings. The van der Waals surface area contributed by atoms with Crippen LogP contribution in [0.3, 0.4) is 0 Å². The fourth-order valence-corrected chi connectivity index (χ4v) is 3.11. The van der Waals surface area contributed by atoms with E-state index in [0.29, 0.717) is 5.92 Å². The predicted molar refractivity (Wildman–Crippen MR) is 89.1 cm³/mol. The number of rotatable bonds is 3. The number of nitrogens with zero attached hydrogens (tertiary/aromatic N) is 1. The van der Waals surface area contributed by atoms with Crippen molar-refractivity contribution in [2.24, 2.45) is 0 Å². The molecule has 114 valence electrons. The minimum Gasteiger partial charge on any atom is -0.383 e. The van der Waals surface area contributed by atoms with Crippen LogP contribution in [0.4, 0.5) is 5.69 Å². The van der Waals surface area contributed by atoms with Crippen molar-refractivity contribution in [3.05, 3.63) is 41.1 Å². The number of ketones is 1. The molecular formula is C18H26N2O. The number of anilines is 1. The number of allylic oxidation sites excluding steroid dienone is 1. The Morgan fingerprint density at radius 1 is 1.38 bits per heavy atom. The van der Waals surface area contributed by atoms with Gasteiger partial charge in [-0.25, -0.2) is 0 Å². The molecule has 0 aliphatic carbocycles. The van der Waals surface area contributed by atoms with Gasteiger partial charge in [-0.2, -0.15) is 0 Å². The average molecular weight is 286 g/mol. The highest BCUT2D eigenvalue weighted by atomic mass is 16.1. The van der Waals surface area contributed by atoms with Gasteiger partial charge in [-0.15, -0.1) is 0 Å². The van der Waals surface area contributed by atoms with Crippen molar-refractivity contribution in [1.29, 1.82) is 0 Å². The van der Waals surface area contributed by atoms with Crippen LogP contribution in [0.1, 0.15) is 54.6 Å². The second-order valence-corrected chi connectivity index (χ2v) is 7.01. The van der Waals surface area contributed by atoms with E-state index in [-0.39, 0.29) is 11.3 Å². The van der Waals surface area contributed by atoms with Gasteiger partial charge in [-0.3, -0.25) is 4.79 Å². The Balaban J connectivity index is 2.40. The van der Waals surface area contributed by atoms with E-state index in [1.165, 1.54) is 5.56 Å². The SMILES string of the molecule is Cc1cc2c(cc1C(=O)/C=C/N(C)C)NC(C)(C)CC2C. The zero-order valence-corrected chi connectivity index (χ0v) is 13.9. The summed E-state index contributed by atoms with van der Waals surface area (Å²) in [4.78, 5) is 14.2. The molecular weight excluding hydrogens is 260 g/mol. The fraction of sp³-hybridized carbons (Fsp3) is 0.500. The highest BCUT2D eigenvalue weighted by molar-refractivity contribution is 6.06. The van der Waals surface area contributed by atoms with E-state index < -0.39 is 0 Å². The molecule has 3 heteroatoms. The van der Waals surface area contributed by atoms with E-state index in [4.69, 9.17) is 0 Å². The first-order chi connectivity index (χ1) is 9.69. The molecule has 1 N–H and O–H groups in total. The number of nitrogens with one attached hydrogen (secondary N) is 1. The summed E-state index contributed by atoms with van der Waals surface area (Å²) in [5, 5.41) is 3.57. The van der Waals surface area contributed by atoms with E-state index in [9.17, 15) is 4.79 Å². The molecule has 3 nitrogen and oxygen atoms in total. The molecule has 0 amide bonds. The van der Waals surface area contributed by atoms with Gasteiger partial charge in [0.05, 0.1) is 0 Å². The van der Waals surface area contributed by atoms with Crippen molar-refractivity contribution in [2.75, 3.05) is 19.4 Å². The first kappa shape index (κ1) is 15.6. The summed E-state index contributed by atoms with van der Waals surface area (Å²) < 4.78 is 0. The smallest absolute Gasteiger partial charge is 0.187 e. The lowest BCUT2D eigenvalue weighted by Crippen LogP contribution is -2.36. The van der Waals surface area contributed by atoms with Crippen LogP contribution in [-0.2, 0) is 0 Å². The Hall–Kier alpha value is -1.77. The molecule has 1 aliphatic heterocycles. The zero-order valence-electron chi connectivity index (χ0n) is 13.9. The topological polar surface area (TPSA) is 32.3 Å². The number of benzene rings is 1. The van der Waals surface area contributed by atoms with Crippen LogP contribution in [0.15, 0.2) is 24.4 Å². The van der Waals surface area contributed by atoms with Crippen molar-refractivity contribution >= 4 is 11.5 Å². The molecule has 21 heavy (non-hydrogen) atoms. The third-order valence-corrected chi connectivity index (χ3v) is 4.01. The molecule has 0 radical (unpaired) electrons. The zero-order chi connectivity index (χ0) is 15.8. The first-order valence-corrected chi connectivity index (χ1v) is 7.51. The van der Waals surface area contributed by atoms with Crippen LogP contribution < -0.4 is 5.32 Å². The number of fused-ring (bicyclic) bond motifs is 1. The number of hydrogen-bond donors (Lipinski definition) is 1. The van der Waals surface area contributed by atoms with E-state index in [2.05, 4.69) is 32.2 Å². The molecule has 1 heterocycles. The first-order valence-electron chi connectivity index (χ1n) is 7.51. The molecule has 0 spiro atoms. The summed E-state index contributed by atoms with van der Waals surface area (Å²) in [6.45, 7) is 8.69. The lowest BCUT2D eigenvalue weighted by atomic mass is 9.80. The molecule has 0 fully saturated rings. The van der Waals surface area contributed by atoms with Gasteiger partial charge in [0.15, 0.2) is 5.78 Å². The standard InChI is InChI=1S/C18H26N2O/c1-12-9-14-13(2)11-18(3,4)19-16(14)10-15(12)17(21)7-8-20(5)6/h7-10,13,19H,11H2,1-6H3/b8-7+. The monoisotopic (exact) mass is 286 g/mol. The van der Waals surface area contributed by atoms with Crippen LogP contribution in [0.5, 0.6) is 0 Å². The van der Waals surface area contributed by atoms with Crippen LogP contribution >= 0.6 is 0 Å². The largest absolute Gasteiger partial charge is 0.383 e. The van der Waals surface area contributed by atoms with Gasteiger partial charge >= 0.3 is 0 Å². The number of carbonyl (C=O) groups excluding carboxylic acids is 1. The third-order valence-electron chi connectivity index (χ3n) is 4.01. The Labute approximate surface area is 128 Å². The molecule has 0 aromatic heterocycles. The van der Waals surface area contributed by atoms with Gasteiger partial charge < -0.3 is 10.2 Å². The minimum atomic E-state index is 0.0573. The lowest BCUT2D eigenvalue weighted by molar-refractivity contribution is 0.104. The normalized spacial score (nSPS) is 20.0. The Morgan fingerprint density at radius 2 is 2.05 bits per heavy atom. The van der Waals surface area contributed by atoms with E-state index in [1.54, 1.807) is 12.3 Å². The Bertz CT molecular complexity index is 585. The quantitative estimate of drug-likeness (QED) is 0.674. The van der Waals surface area contributed by atoms with Crippen molar-refractivity contribution in [3.8, 4) is 0 Å². The van der Waals surface area contributed by atoms with Crippen LogP contribution in [0.2, 0.25) is 0 Å². The Morgan fingerprint density at radius 3 is 2.67 bits per heavy atom. The highest BCUT2D eigenvalue weighted by Gasteiger charge is 2.30. The average Bonchev–Trinajstić information content (AvgIpc) is 2.35. The van der Waals surface area contributed by atoms with Gasteiger partial charge in [0, 0.05) is 43.2 Å². The second-order valence-electron chi connectivity index (χ2n) is 7.01. The van der Waals surface area contributed by atoms with Gasteiger partial charge in [0.25, 0.3) is 0 Å². The molecule has 2 rings (SSSR count). The summed E-state index contributed by atoms with van der Waals surface area (Å²) >= 11 is 0. The van der Waals surface area contributed by atoms with Gasteiger partial charge in [0.2, 0.25) is 0 Å². The van der Waals surface area contributed by atoms with Crippen molar-refractivity contribution in [1.82, 2.24) is 4.90 Å². The van der Waals surface area contributed by atoms with Crippen LogP contribution in [0, 0.1) is 6.92 Å². The van der Waals surface area contributed by atoms with Crippen LogP contribution in [0.25, 0.3) is 0 Å². The summed E-state index contributed by atoms with van der Waals surface area (Å²) in [6, 6.07) is 4.18. The highest BCUT2D eigenvalue weighted by Crippen LogP contribution is 2.39. The van der Waals surface area contributed by atoms with Gasteiger partial charge in [0.1, 0.15) is 0 Å². The van der Waals surface area contributed by atoms with Crippen molar-refractivity contribution < 1.29 is 4.79 Å².